The van der Waals surface area contributed by atoms with Crippen molar-refractivity contribution < 1.29 is 14.6 Å². The Kier molecular flexibility index (Phi) is 3.48. The van der Waals surface area contributed by atoms with E-state index < -0.39 is 0 Å². The van der Waals surface area contributed by atoms with E-state index in [1.54, 1.807) is 0 Å². The summed E-state index contributed by atoms with van der Waals surface area (Å²) in [4.78, 5) is 2.44. The van der Waals surface area contributed by atoms with Gasteiger partial charge in [0.15, 0.2) is 0 Å². The van der Waals surface area contributed by atoms with Crippen LogP contribution in [-0.2, 0) is 15.9 Å². The first kappa shape index (κ1) is 13.4. The van der Waals surface area contributed by atoms with E-state index >= 15 is 0 Å². The van der Waals surface area contributed by atoms with Crippen LogP contribution in [0.4, 0.5) is 5.69 Å². The third-order valence-electron chi connectivity index (χ3n) is 4.25. The monoisotopic (exact) mass is 304 g/mol. The Hall–Kier alpha value is -1.31. The number of hydrogen-bond acceptors (Lipinski definition) is 6. The fourth-order valence-corrected chi connectivity index (χ4v) is 3.86. The highest BCUT2D eigenvalue weighted by Crippen LogP contribution is 2.43. The van der Waals surface area contributed by atoms with Crippen LogP contribution in [0.15, 0.2) is 35.9 Å². The smallest absolute Gasteiger partial charge is 0.124 e. The molecule has 6 heteroatoms. The van der Waals surface area contributed by atoms with Gasteiger partial charge in [0.05, 0.1) is 0 Å². The van der Waals surface area contributed by atoms with Gasteiger partial charge in [-0.2, -0.15) is 0 Å². The molecule has 0 radical (unpaired) electrons. The first-order chi connectivity index (χ1) is 10.4. The van der Waals surface area contributed by atoms with Crippen LogP contribution in [0.1, 0.15) is 17.5 Å². The number of para-hydroxylation sites is 1. The first-order valence-electron chi connectivity index (χ1n) is 7.03. The Balaban J connectivity index is 1.73. The summed E-state index contributed by atoms with van der Waals surface area (Å²) in [7, 11) is 0. The molecule has 5 nitrogen and oxygen atoms in total. The van der Waals surface area contributed by atoms with Crippen LogP contribution >= 0.6 is 12.2 Å². The van der Waals surface area contributed by atoms with Crippen LogP contribution < -0.4 is 4.90 Å². The third-order valence-corrected chi connectivity index (χ3v) is 4.90. The third kappa shape index (κ3) is 2.29. The molecule has 4 rings (SSSR count). The van der Waals surface area contributed by atoms with Crippen molar-refractivity contribution in [2.75, 3.05) is 24.5 Å². The minimum atomic E-state index is 0.764. The summed E-state index contributed by atoms with van der Waals surface area (Å²) in [6.07, 6.45) is 5.69. The van der Waals surface area contributed by atoms with Gasteiger partial charge in [-0.05, 0) is 23.1 Å². The lowest BCUT2D eigenvalue weighted by molar-refractivity contribution is -0.433. The molecular formula is C15H16N2O3S. The van der Waals surface area contributed by atoms with E-state index in [1.165, 1.54) is 28.0 Å². The molecule has 1 aliphatic carbocycles. The highest BCUT2D eigenvalue weighted by molar-refractivity contribution is 7.92. The predicted octanol–water partition coefficient (Wildman–Crippen LogP) is 3.02. The lowest BCUT2D eigenvalue weighted by atomic mass is 9.91. The molecule has 0 spiro atoms. The fraction of sp³-hybridized carbons (Fsp3) is 0.333. The standard InChI is InChI=1S/C15H16N2O3S/c18-19-20-21-17-8-7-16-9-11-3-1-5-13(11)14-6-2-4-12(10-17)15(14)16/h2-6,18H,1,7-10H2. The van der Waals surface area contributed by atoms with Crippen LogP contribution in [0.3, 0.4) is 0 Å². The van der Waals surface area contributed by atoms with Gasteiger partial charge in [-0.3, -0.25) is 0 Å². The molecular weight excluding hydrogens is 288 g/mol. The molecule has 1 N–H and O–H groups in total. The van der Waals surface area contributed by atoms with E-state index in [0.29, 0.717) is 0 Å². The quantitative estimate of drug-likeness (QED) is 0.401. The zero-order valence-corrected chi connectivity index (χ0v) is 12.3. The largest absolute Gasteiger partial charge is 0.365 e. The van der Waals surface area contributed by atoms with Crippen LogP contribution in [0.5, 0.6) is 0 Å². The van der Waals surface area contributed by atoms with Crippen molar-refractivity contribution in [2.24, 2.45) is 0 Å². The summed E-state index contributed by atoms with van der Waals surface area (Å²) in [5.41, 5.74) is 6.81. The molecule has 0 bridgehead atoms. The number of anilines is 1. The maximum Gasteiger partial charge on any atom is 0.124 e. The zero-order chi connectivity index (χ0) is 14.2. The Morgan fingerprint density at radius 3 is 3.00 bits per heavy atom. The van der Waals surface area contributed by atoms with E-state index in [9.17, 15) is 0 Å². The molecule has 0 saturated carbocycles. The molecule has 1 aromatic rings. The predicted molar refractivity (Wildman–Crippen MR) is 82.1 cm³/mol. The number of hydrogen-bond donors (Lipinski definition) is 1. The van der Waals surface area contributed by atoms with E-state index in [2.05, 4.69) is 44.6 Å². The first-order valence-corrected chi connectivity index (χ1v) is 7.73. The maximum atomic E-state index is 8.33. The summed E-state index contributed by atoms with van der Waals surface area (Å²) >= 11 is 1.04. The minimum Gasteiger partial charge on any atom is -0.365 e. The molecule has 110 valence electrons. The minimum absolute atomic E-state index is 0.764. The summed E-state index contributed by atoms with van der Waals surface area (Å²) in [5, 5.41) is 12.0. The highest BCUT2D eigenvalue weighted by Gasteiger charge is 2.30. The van der Waals surface area contributed by atoms with Crippen molar-refractivity contribution in [3.63, 3.8) is 0 Å². The molecule has 2 heterocycles. The number of rotatable bonds is 3. The molecule has 0 atom stereocenters. The average Bonchev–Trinajstić information content (AvgIpc) is 2.90. The lowest BCUT2D eigenvalue weighted by Gasteiger charge is -2.33. The number of nitrogens with zero attached hydrogens (tertiary/aromatic N) is 2. The summed E-state index contributed by atoms with van der Waals surface area (Å²) in [6, 6.07) is 6.49. The van der Waals surface area contributed by atoms with Crippen LogP contribution in [0.2, 0.25) is 0 Å². The number of fused-ring (bicyclic) bond motifs is 2. The van der Waals surface area contributed by atoms with Gasteiger partial charge < -0.3 is 4.90 Å². The second kappa shape index (κ2) is 5.47. The highest BCUT2D eigenvalue weighted by atomic mass is 32.2. The van der Waals surface area contributed by atoms with Gasteiger partial charge in [-0.1, -0.05) is 35.4 Å². The van der Waals surface area contributed by atoms with E-state index in [-0.39, 0.29) is 0 Å². The van der Waals surface area contributed by atoms with Crippen LogP contribution in [0.25, 0.3) is 5.57 Å². The van der Waals surface area contributed by atoms with Gasteiger partial charge in [0, 0.05) is 37.4 Å². The van der Waals surface area contributed by atoms with E-state index in [1.807, 2.05) is 4.31 Å². The topological polar surface area (TPSA) is 45.2 Å². The van der Waals surface area contributed by atoms with Gasteiger partial charge >= 0.3 is 0 Å². The van der Waals surface area contributed by atoms with Crippen LogP contribution in [-0.4, -0.2) is 29.2 Å². The average molecular weight is 304 g/mol. The lowest BCUT2D eigenvalue weighted by Crippen LogP contribution is -2.33. The van der Waals surface area contributed by atoms with Gasteiger partial charge in [0.25, 0.3) is 0 Å². The fourth-order valence-electron chi connectivity index (χ4n) is 3.40. The van der Waals surface area contributed by atoms with Gasteiger partial charge in [-0.15, -0.1) is 4.33 Å². The molecule has 0 unspecified atom stereocenters. The summed E-state index contributed by atoms with van der Waals surface area (Å²) in [5.74, 6) is 0. The van der Waals surface area contributed by atoms with Crippen molar-refractivity contribution in [3.05, 3.63) is 47.1 Å². The Morgan fingerprint density at radius 1 is 1.14 bits per heavy atom. The molecule has 1 aromatic carbocycles. The zero-order valence-electron chi connectivity index (χ0n) is 11.5. The normalized spacial score (nSPS) is 20.5. The molecule has 21 heavy (non-hydrogen) atoms. The van der Waals surface area contributed by atoms with Gasteiger partial charge in [0.2, 0.25) is 0 Å². The van der Waals surface area contributed by atoms with E-state index in [0.717, 1.165) is 44.8 Å². The Bertz CT molecular complexity index is 629. The van der Waals surface area contributed by atoms with Crippen molar-refractivity contribution >= 4 is 23.5 Å². The molecule has 0 amide bonds. The Labute approximate surface area is 127 Å². The SMILES string of the molecule is OOOSN1CCN2CC3=CCC=C3c3cccc(c32)C1. The maximum absolute atomic E-state index is 8.33. The van der Waals surface area contributed by atoms with E-state index in [4.69, 9.17) is 5.26 Å². The second-order valence-corrected chi connectivity index (χ2v) is 6.20. The van der Waals surface area contributed by atoms with Gasteiger partial charge in [-0.25, -0.2) is 9.56 Å². The van der Waals surface area contributed by atoms with Crippen molar-refractivity contribution in [1.29, 1.82) is 0 Å². The molecule has 2 aliphatic heterocycles. The summed E-state index contributed by atoms with van der Waals surface area (Å²) in [6.45, 7) is 3.51. The summed E-state index contributed by atoms with van der Waals surface area (Å²) < 4.78 is 6.63. The number of allylic oxidation sites excluding steroid dienone is 2. The second-order valence-electron chi connectivity index (χ2n) is 5.40. The molecule has 0 aromatic heterocycles. The van der Waals surface area contributed by atoms with Gasteiger partial charge in [0.1, 0.15) is 12.2 Å². The van der Waals surface area contributed by atoms with Crippen molar-refractivity contribution in [1.82, 2.24) is 4.31 Å². The molecule has 0 saturated heterocycles. The van der Waals surface area contributed by atoms with Crippen LogP contribution in [0, 0.1) is 0 Å². The van der Waals surface area contributed by atoms with Crippen molar-refractivity contribution in [3.8, 4) is 0 Å². The number of benzene rings is 1. The molecule has 0 fully saturated rings. The Morgan fingerprint density at radius 2 is 2.10 bits per heavy atom. The van der Waals surface area contributed by atoms with Crippen molar-refractivity contribution in [2.45, 2.75) is 13.0 Å². The molecule has 3 aliphatic rings.